The van der Waals surface area contributed by atoms with Crippen LogP contribution in [0.4, 0.5) is 16.1 Å². The highest BCUT2D eigenvalue weighted by molar-refractivity contribution is 5.53. The SMILES string of the molecule is Cc1ccc(Nc2nnc(CNC(C)(C)C)o2)c(F)c1. The molecule has 2 aromatic rings. The molecule has 0 spiro atoms. The lowest BCUT2D eigenvalue weighted by atomic mass is 10.1. The van der Waals surface area contributed by atoms with Crippen LogP contribution >= 0.6 is 0 Å². The molecule has 0 atom stereocenters. The van der Waals surface area contributed by atoms with E-state index in [2.05, 4.69) is 20.8 Å². The molecule has 2 rings (SSSR count). The van der Waals surface area contributed by atoms with Gasteiger partial charge < -0.3 is 15.1 Å². The number of hydrogen-bond acceptors (Lipinski definition) is 5. The van der Waals surface area contributed by atoms with Gasteiger partial charge in [-0.25, -0.2) is 4.39 Å². The number of nitrogens with zero attached hydrogens (tertiary/aromatic N) is 2. The molecule has 2 N–H and O–H groups in total. The molecular formula is C14H19FN4O. The number of anilines is 2. The second-order valence-corrected chi connectivity index (χ2v) is 5.71. The fourth-order valence-corrected chi connectivity index (χ4v) is 1.55. The fraction of sp³-hybridized carbons (Fsp3) is 0.429. The van der Waals surface area contributed by atoms with Crippen molar-refractivity contribution in [3.05, 3.63) is 35.5 Å². The highest BCUT2D eigenvalue weighted by atomic mass is 19.1. The van der Waals surface area contributed by atoms with Gasteiger partial charge in [0.1, 0.15) is 5.82 Å². The Morgan fingerprint density at radius 2 is 2.00 bits per heavy atom. The Morgan fingerprint density at radius 1 is 1.25 bits per heavy atom. The van der Waals surface area contributed by atoms with Gasteiger partial charge in [-0.2, -0.15) is 0 Å². The van der Waals surface area contributed by atoms with Crippen LogP contribution < -0.4 is 10.6 Å². The maximum absolute atomic E-state index is 13.7. The zero-order valence-corrected chi connectivity index (χ0v) is 12.1. The lowest BCUT2D eigenvalue weighted by Gasteiger charge is -2.18. The van der Waals surface area contributed by atoms with E-state index in [0.29, 0.717) is 18.1 Å². The van der Waals surface area contributed by atoms with E-state index in [-0.39, 0.29) is 17.4 Å². The molecule has 0 radical (unpaired) electrons. The second kappa shape index (κ2) is 5.58. The van der Waals surface area contributed by atoms with Crippen LogP contribution in [0.2, 0.25) is 0 Å². The molecule has 0 aliphatic rings. The van der Waals surface area contributed by atoms with Gasteiger partial charge in [0, 0.05) is 5.54 Å². The van der Waals surface area contributed by atoms with Crippen molar-refractivity contribution in [1.82, 2.24) is 15.5 Å². The molecule has 0 saturated heterocycles. The van der Waals surface area contributed by atoms with E-state index in [1.54, 1.807) is 6.07 Å². The van der Waals surface area contributed by atoms with Crippen LogP contribution in [0, 0.1) is 12.7 Å². The molecule has 0 bridgehead atoms. The average Bonchev–Trinajstić information content (AvgIpc) is 2.77. The van der Waals surface area contributed by atoms with Crippen molar-refractivity contribution in [2.75, 3.05) is 5.32 Å². The maximum atomic E-state index is 13.7. The van der Waals surface area contributed by atoms with Gasteiger partial charge in [-0.05, 0) is 45.4 Å². The van der Waals surface area contributed by atoms with Crippen molar-refractivity contribution >= 4 is 11.7 Å². The summed E-state index contributed by atoms with van der Waals surface area (Å²) < 4.78 is 19.1. The molecular weight excluding hydrogens is 259 g/mol. The van der Waals surface area contributed by atoms with Crippen molar-refractivity contribution in [2.24, 2.45) is 0 Å². The van der Waals surface area contributed by atoms with Crippen LogP contribution in [0.15, 0.2) is 22.6 Å². The minimum Gasteiger partial charge on any atom is -0.406 e. The number of hydrogen-bond donors (Lipinski definition) is 2. The predicted octanol–water partition coefficient (Wildman–Crippen LogP) is 3.15. The van der Waals surface area contributed by atoms with Gasteiger partial charge >= 0.3 is 6.01 Å². The Balaban J connectivity index is 2.02. The first-order chi connectivity index (χ1) is 9.33. The van der Waals surface area contributed by atoms with Gasteiger partial charge in [0.25, 0.3) is 0 Å². The molecule has 0 aliphatic heterocycles. The van der Waals surface area contributed by atoms with Crippen molar-refractivity contribution in [3.8, 4) is 0 Å². The molecule has 1 aromatic carbocycles. The summed E-state index contributed by atoms with van der Waals surface area (Å²) >= 11 is 0. The van der Waals surface area contributed by atoms with Crippen LogP contribution in [0.1, 0.15) is 32.2 Å². The van der Waals surface area contributed by atoms with Crippen molar-refractivity contribution < 1.29 is 8.81 Å². The van der Waals surface area contributed by atoms with Crippen LogP contribution in [-0.2, 0) is 6.54 Å². The molecule has 108 valence electrons. The largest absolute Gasteiger partial charge is 0.406 e. The highest BCUT2D eigenvalue weighted by Crippen LogP contribution is 2.20. The summed E-state index contributed by atoms with van der Waals surface area (Å²) in [6.45, 7) is 8.43. The van der Waals surface area contributed by atoms with E-state index >= 15 is 0 Å². The molecule has 0 fully saturated rings. The minimum absolute atomic E-state index is 0.0366. The minimum atomic E-state index is -0.349. The third-order valence-electron chi connectivity index (χ3n) is 2.60. The third-order valence-corrected chi connectivity index (χ3v) is 2.60. The van der Waals surface area contributed by atoms with E-state index < -0.39 is 0 Å². The van der Waals surface area contributed by atoms with E-state index in [1.165, 1.54) is 6.07 Å². The number of aromatic nitrogens is 2. The summed E-state index contributed by atoms with van der Waals surface area (Å²) in [6, 6.07) is 5.07. The van der Waals surface area contributed by atoms with Crippen LogP contribution in [0.25, 0.3) is 0 Å². The standard InChI is InChI=1S/C14H19FN4O/c1-9-5-6-11(10(15)7-9)17-13-19-18-12(20-13)8-16-14(2,3)4/h5-7,16H,8H2,1-4H3,(H,17,19). The lowest BCUT2D eigenvalue weighted by Crippen LogP contribution is -2.35. The van der Waals surface area contributed by atoms with E-state index in [0.717, 1.165) is 5.56 Å². The second-order valence-electron chi connectivity index (χ2n) is 5.71. The highest BCUT2D eigenvalue weighted by Gasteiger charge is 2.13. The molecule has 0 unspecified atom stereocenters. The predicted molar refractivity (Wildman–Crippen MR) is 75.3 cm³/mol. The first kappa shape index (κ1) is 14.5. The van der Waals surface area contributed by atoms with E-state index in [1.807, 2.05) is 33.8 Å². The normalized spacial score (nSPS) is 11.7. The van der Waals surface area contributed by atoms with Gasteiger partial charge in [-0.15, -0.1) is 5.10 Å². The Kier molecular flexibility index (Phi) is 4.04. The summed E-state index contributed by atoms with van der Waals surface area (Å²) in [5.41, 5.74) is 1.13. The summed E-state index contributed by atoms with van der Waals surface area (Å²) in [7, 11) is 0. The summed E-state index contributed by atoms with van der Waals surface area (Å²) in [5.74, 6) is 0.104. The Bertz CT molecular complexity index is 589. The van der Waals surface area contributed by atoms with Gasteiger partial charge in [0.15, 0.2) is 0 Å². The van der Waals surface area contributed by atoms with Crippen LogP contribution in [-0.4, -0.2) is 15.7 Å². The number of rotatable bonds is 4. The van der Waals surface area contributed by atoms with Crippen molar-refractivity contribution in [3.63, 3.8) is 0 Å². The van der Waals surface area contributed by atoms with E-state index in [9.17, 15) is 4.39 Å². The van der Waals surface area contributed by atoms with Crippen molar-refractivity contribution in [2.45, 2.75) is 39.8 Å². The quantitative estimate of drug-likeness (QED) is 0.899. The summed E-state index contributed by atoms with van der Waals surface area (Å²) in [4.78, 5) is 0. The monoisotopic (exact) mass is 278 g/mol. The molecule has 0 amide bonds. The summed E-state index contributed by atoms with van der Waals surface area (Å²) in [6.07, 6.45) is 0. The molecule has 1 aromatic heterocycles. The maximum Gasteiger partial charge on any atom is 0.320 e. The third kappa shape index (κ3) is 4.03. The zero-order chi connectivity index (χ0) is 14.8. The molecule has 20 heavy (non-hydrogen) atoms. The Labute approximate surface area is 117 Å². The number of halogens is 1. The first-order valence-corrected chi connectivity index (χ1v) is 6.44. The molecule has 5 nitrogen and oxygen atoms in total. The number of benzene rings is 1. The molecule has 0 aliphatic carbocycles. The summed E-state index contributed by atoms with van der Waals surface area (Å²) in [5, 5.41) is 13.7. The lowest BCUT2D eigenvalue weighted by molar-refractivity contribution is 0.384. The average molecular weight is 278 g/mol. The van der Waals surface area contributed by atoms with E-state index in [4.69, 9.17) is 4.42 Å². The number of nitrogens with one attached hydrogen (secondary N) is 2. The molecule has 1 heterocycles. The van der Waals surface area contributed by atoms with Crippen LogP contribution in [0.3, 0.4) is 0 Å². The molecule has 6 heteroatoms. The Hall–Kier alpha value is -1.95. The van der Waals surface area contributed by atoms with Gasteiger partial charge in [-0.1, -0.05) is 11.2 Å². The van der Waals surface area contributed by atoms with Crippen molar-refractivity contribution in [1.29, 1.82) is 0 Å². The topological polar surface area (TPSA) is 63.0 Å². The van der Waals surface area contributed by atoms with Gasteiger partial charge in [0.05, 0.1) is 12.2 Å². The molecule has 0 saturated carbocycles. The van der Waals surface area contributed by atoms with Crippen LogP contribution in [0.5, 0.6) is 0 Å². The first-order valence-electron chi connectivity index (χ1n) is 6.44. The smallest absolute Gasteiger partial charge is 0.320 e. The number of aryl methyl sites for hydroxylation is 1. The fourth-order valence-electron chi connectivity index (χ4n) is 1.55. The van der Waals surface area contributed by atoms with Gasteiger partial charge in [-0.3, -0.25) is 0 Å². The zero-order valence-electron chi connectivity index (χ0n) is 12.1. The van der Waals surface area contributed by atoms with Gasteiger partial charge in [0.2, 0.25) is 5.89 Å². The Morgan fingerprint density at radius 3 is 2.65 bits per heavy atom.